The molecule has 3 rings (SSSR count). The zero-order valence-electron chi connectivity index (χ0n) is 9.13. The van der Waals surface area contributed by atoms with E-state index in [1.165, 1.54) is 11.7 Å². The topological polar surface area (TPSA) is 25.8 Å². The monoisotopic (exact) mass is 238 g/mol. The highest BCUT2D eigenvalue weighted by Crippen LogP contribution is 2.27. The zero-order valence-corrected chi connectivity index (χ0v) is 9.95. The Labute approximate surface area is 104 Å². The minimum absolute atomic E-state index is 0.959. The molecule has 1 heterocycles. The van der Waals surface area contributed by atoms with Crippen LogP contribution in [0.4, 0.5) is 0 Å². The fourth-order valence-corrected chi connectivity index (χ4v) is 2.39. The number of fused-ring (bicyclic) bond motifs is 1. The Morgan fingerprint density at radius 2 is 1.82 bits per heavy atom. The maximum absolute atomic E-state index is 4.35. The van der Waals surface area contributed by atoms with Crippen molar-refractivity contribution >= 4 is 28.8 Å². The van der Waals surface area contributed by atoms with Crippen LogP contribution in [-0.4, -0.2) is 8.75 Å². The summed E-state index contributed by atoms with van der Waals surface area (Å²) < 4.78 is 8.60. The predicted molar refractivity (Wildman–Crippen MR) is 72.9 cm³/mol. The fourth-order valence-electron chi connectivity index (χ4n) is 1.84. The number of rotatable bonds is 2. The van der Waals surface area contributed by atoms with E-state index in [1.807, 2.05) is 18.2 Å². The quantitative estimate of drug-likeness (QED) is 0.674. The van der Waals surface area contributed by atoms with Gasteiger partial charge in [0.15, 0.2) is 0 Å². The third kappa shape index (κ3) is 1.74. The van der Waals surface area contributed by atoms with Gasteiger partial charge in [0.25, 0.3) is 0 Å². The molecule has 0 amide bonds. The number of nitrogens with zero attached hydrogens (tertiary/aromatic N) is 2. The first-order valence-electron chi connectivity index (χ1n) is 5.32. The van der Waals surface area contributed by atoms with Crippen LogP contribution in [0, 0.1) is 0 Å². The lowest BCUT2D eigenvalue weighted by atomic mass is 10.0. The van der Waals surface area contributed by atoms with Gasteiger partial charge in [-0.15, -0.1) is 0 Å². The predicted octanol–water partition coefficient (Wildman–Crippen LogP) is 4.00. The summed E-state index contributed by atoms with van der Waals surface area (Å²) in [6.45, 7) is 3.75. The Morgan fingerprint density at radius 3 is 2.59 bits per heavy atom. The van der Waals surface area contributed by atoms with Crippen LogP contribution >= 0.6 is 11.7 Å². The first-order chi connectivity index (χ1) is 8.38. The molecule has 0 aliphatic carbocycles. The van der Waals surface area contributed by atoms with Crippen molar-refractivity contribution in [3.8, 4) is 11.1 Å². The molecule has 1 aromatic heterocycles. The van der Waals surface area contributed by atoms with Gasteiger partial charge in [0.1, 0.15) is 11.0 Å². The van der Waals surface area contributed by atoms with Crippen LogP contribution in [0.15, 0.2) is 49.0 Å². The van der Waals surface area contributed by atoms with Crippen LogP contribution in [0.2, 0.25) is 0 Å². The molecule has 2 nitrogen and oxygen atoms in total. The molecule has 0 bridgehead atoms. The minimum Gasteiger partial charge on any atom is -0.173 e. The van der Waals surface area contributed by atoms with Crippen molar-refractivity contribution in [3.63, 3.8) is 0 Å². The maximum Gasteiger partial charge on any atom is 0.112 e. The molecule has 0 spiro atoms. The van der Waals surface area contributed by atoms with Crippen molar-refractivity contribution in [1.82, 2.24) is 8.75 Å². The molecule has 0 unspecified atom stereocenters. The smallest absolute Gasteiger partial charge is 0.112 e. The summed E-state index contributed by atoms with van der Waals surface area (Å²) in [5.74, 6) is 0. The maximum atomic E-state index is 4.35. The van der Waals surface area contributed by atoms with Crippen LogP contribution in [0.25, 0.3) is 28.2 Å². The molecule has 2 aromatic carbocycles. The van der Waals surface area contributed by atoms with Gasteiger partial charge in [-0.2, -0.15) is 8.75 Å². The summed E-state index contributed by atoms with van der Waals surface area (Å²) in [7, 11) is 0. The van der Waals surface area contributed by atoms with Crippen molar-refractivity contribution in [2.24, 2.45) is 0 Å². The van der Waals surface area contributed by atoms with Crippen molar-refractivity contribution < 1.29 is 0 Å². The Morgan fingerprint density at radius 1 is 1.00 bits per heavy atom. The molecule has 17 heavy (non-hydrogen) atoms. The average Bonchev–Trinajstić information content (AvgIpc) is 2.87. The molecule has 3 heteroatoms. The Balaban J connectivity index is 2.19. The van der Waals surface area contributed by atoms with E-state index < -0.39 is 0 Å². The van der Waals surface area contributed by atoms with Gasteiger partial charge < -0.3 is 0 Å². The fraction of sp³-hybridized carbons (Fsp3) is 0. The highest BCUT2D eigenvalue weighted by atomic mass is 32.1. The molecule has 0 aliphatic rings. The molecular formula is C14H10N2S. The molecule has 0 radical (unpaired) electrons. The van der Waals surface area contributed by atoms with Crippen molar-refractivity contribution in [3.05, 3.63) is 54.6 Å². The molecule has 0 atom stereocenters. The van der Waals surface area contributed by atoms with Gasteiger partial charge in [0.2, 0.25) is 0 Å². The molecule has 0 fully saturated rings. The van der Waals surface area contributed by atoms with Gasteiger partial charge in [-0.25, -0.2) is 0 Å². The summed E-state index contributed by atoms with van der Waals surface area (Å²) in [4.78, 5) is 0. The first-order valence-corrected chi connectivity index (χ1v) is 6.05. The number of hydrogen-bond donors (Lipinski definition) is 0. The van der Waals surface area contributed by atoms with Crippen molar-refractivity contribution in [1.29, 1.82) is 0 Å². The first kappa shape index (κ1) is 10.2. The molecule has 82 valence electrons. The van der Waals surface area contributed by atoms with Gasteiger partial charge in [-0.05, 0) is 17.2 Å². The van der Waals surface area contributed by atoms with E-state index in [0.717, 1.165) is 27.7 Å². The lowest BCUT2D eigenvalue weighted by Gasteiger charge is -2.02. The second-order valence-electron chi connectivity index (χ2n) is 3.76. The molecule has 0 saturated carbocycles. The van der Waals surface area contributed by atoms with Gasteiger partial charge in [0.05, 0.1) is 11.7 Å². The van der Waals surface area contributed by atoms with Crippen LogP contribution in [0.3, 0.4) is 0 Å². The Hall–Kier alpha value is -2.00. The number of benzene rings is 2. The molecule has 0 aliphatic heterocycles. The second-order valence-corrected chi connectivity index (χ2v) is 4.29. The standard InChI is InChI=1S/C14H10N2S/c1-2-10-6-8-11(9-7-10)12-4-3-5-13-14(12)16-17-15-13/h2-9H,1H2. The van der Waals surface area contributed by atoms with E-state index in [0.29, 0.717) is 0 Å². The van der Waals surface area contributed by atoms with Gasteiger partial charge in [0, 0.05) is 5.56 Å². The SMILES string of the molecule is C=Cc1ccc(-c2cccc3nsnc23)cc1. The molecule has 0 saturated heterocycles. The van der Waals surface area contributed by atoms with Crippen molar-refractivity contribution in [2.75, 3.05) is 0 Å². The van der Waals surface area contributed by atoms with Crippen LogP contribution in [-0.2, 0) is 0 Å². The van der Waals surface area contributed by atoms with E-state index >= 15 is 0 Å². The summed E-state index contributed by atoms with van der Waals surface area (Å²) in [5, 5.41) is 0. The summed E-state index contributed by atoms with van der Waals surface area (Å²) in [6, 6.07) is 14.4. The lowest BCUT2D eigenvalue weighted by Crippen LogP contribution is -1.81. The highest BCUT2D eigenvalue weighted by molar-refractivity contribution is 7.00. The largest absolute Gasteiger partial charge is 0.173 e. The third-order valence-electron chi connectivity index (χ3n) is 2.74. The second kappa shape index (κ2) is 4.11. The lowest BCUT2D eigenvalue weighted by molar-refractivity contribution is 1.59. The van der Waals surface area contributed by atoms with Crippen molar-refractivity contribution in [2.45, 2.75) is 0 Å². The average molecular weight is 238 g/mol. The van der Waals surface area contributed by atoms with Gasteiger partial charge in [-0.3, -0.25) is 0 Å². The van der Waals surface area contributed by atoms with Crippen LogP contribution in [0.5, 0.6) is 0 Å². The highest BCUT2D eigenvalue weighted by Gasteiger charge is 2.06. The van der Waals surface area contributed by atoms with E-state index in [9.17, 15) is 0 Å². The third-order valence-corrected chi connectivity index (χ3v) is 3.29. The molecular weight excluding hydrogens is 228 g/mol. The summed E-state index contributed by atoms with van der Waals surface area (Å²) in [5.41, 5.74) is 5.35. The van der Waals surface area contributed by atoms with Gasteiger partial charge in [-0.1, -0.05) is 49.1 Å². The normalized spacial score (nSPS) is 10.6. The van der Waals surface area contributed by atoms with Crippen LogP contribution in [0.1, 0.15) is 5.56 Å². The van der Waals surface area contributed by atoms with E-state index in [1.54, 1.807) is 0 Å². The van der Waals surface area contributed by atoms with E-state index in [-0.39, 0.29) is 0 Å². The summed E-state index contributed by atoms with van der Waals surface area (Å²) >= 11 is 1.25. The van der Waals surface area contributed by atoms with Gasteiger partial charge >= 0.3 is 0 Å². The van der Waals surface area contributed by atoms with E-state index in [4.69, 9.17) is 0 Å². The number of hydrogen-bond acceptors (Lipinski definition) is 3. The summed E-state index contributed by atoms with van der Waals surface area (Å²) in [6.07, 6.45) is 1.84. The number of aromatic nitrogens is 2. The zero-order chi connectivity index (χ0) is 11.7. The molecule has 0 N–H and O–H groups in total. The van der Waals surface area contributed by atoms with Crippen LogP contribution < -0.4 is 0 Å². The Kier molecular flexibility index (Phi) is 2.46. The Bertz CT molecular complexity index is 668. The minimum atomic E-state index is 0.959. The van der Waals surface area contributed by atoms with E-state index in [2.05, 4.69) is 45.7 Å². The molecule has 3 aromatic rings.